The molecular formula is C26H25N3O7. The number of nitrogens with zero attached hydrogens (tertiary/aromatic N) is 1. The third-order valence-electron chi connectivity index (χ3n) is 5.00. The summed E-state index contributed by atoms with van der Waals surface area (Å²) in [6, 6.07) is 18.0. The van der Waals surface area contributed by atoms with Crippen LogP contribution in [0.3, 0.4) is 0 Å². The van der Waals surface area contributed by atoms with E-state index in [2.05, 4.69) is 15.8 Å². The summed E-state index contributed by atoms with van der Waals surface area (Å²) in [5, 5.41) is 6.43. The molecule has 0 radical (unpaired) electrons. The highest BCUT2D eigenvalue weighted by atomic mass is 16.5. The fraction of sp³-hybridized carbons (Fsp3) is 0.154. The molecule has 0 heterocycles. The smallest absolute Gasteiger partial charge is 0.347 e. The van der Waals surface area contributed by atoms with Gasteiger partial charge in [0, 0.05) is 6.07 Å². The maximum Gasteiger partial charge on any atom is 0.347 e. The molecule has 0 fully saturated rings. The second kappa shape index (κ2) is 12.0. The van der Waals surface area contributed by atoms with E-state index in [9.17, 15) is 14.4 Å². The Morgan fingerprint density at radius 1 is 0.750 bits per heavy atom. The molecule has 3 rings (SSSR count). The van der Waals surface area contributed by atoms with E-state index in [-0.39, 0.29) is 5.69 Å². The van der Waals surface area contributed by atoms with E-state index in [4.69, 9.17) is 18.9 Å². The van der Waals surface area contributed by atoms with Gasteiger partial charge in [-0.2, -0.15) is 5.10 Å². The van der Waals surface area contributed by atoms with E-state index in [0.29, 0.717) is 39.8 Å². The van der Waals surface area contributed by atoms with Crippen LogP contribution in [0.4, 0.5) is 5.69 Å². The first-order valence-electron chi connectivity index (χ1n) is 10.7. The number of methoxy groups -OCH3 is 3. The second-order valence-corrected chi connectivity index (χ2v) is 7.27. The van der Waals surface area contributed by atoms with Crippen molar-refractivity contribution in [2.75, 3.05) is 26.6 Å². The van der Waals surface area contributed by atoms with Gasteiger partial charge in [-0.05, 0) is 61.0 Å². The number of para-hydroxylation sites is 1. The molecule has 10 nitrogen and oxygen atoms in total. The van der Waals surface area contributed by atoms with Crippen molar-refractivity contribution in [3.8, 4) is 23.0 Å². The van der Waals surface area contributed by atoms with Crippen molar-refractivity contribution in [2.24, 2.45) is 5.10 Å². The molecule has 36 heavy (non-hydrogen) atoms. The SMILES string of the molecule is COc1ccc(OC)c(NC(=O)C(=O)NN=C(C)c2ccc(OC(=O)c3ccccc3OC)cc2)c1. The monoisotopic (exact) mass is 491 g/mol. The Bertz CT molecular complexity index is 1290. The predicted octanol–water partition coefficient (Wildman–Crippen LogP) is 3.41. The lowest BCUT2D eigenvalue weighted by Crippen LogP contribution is -2.33. The summed E-state index contributed by atoms with van der Waals surface area (Å²) in [5.74, 6) is -0.889. The number of carbonyl (C=O) groups is 3. The Kier molecular flexibility index (Phi) is 8.60. The lowest BCUT2D eigenvalue weighted by atomic mass is 10.1. The predicted molar refractivity (Wildman–Crippen MR) is 133 cm³/mol. The molecule has 186 valence electrons. The van der Waals surface area contributed by atoms with E-state index in [1.807, 2.05) is 0 Å². The topological polar surface area (TPSA) is 125 Å². The summed E-state index contributed by atoms with van der Waals surface area (Å²) in [6.45, 7) is 1.65. The number of amides is 2. The lowest BCUT2D eigenvalue weighted by molar-refractivity contribution is -0.136. The van der Waals surface area contributed by atoms with Crippen molar-refractivity contribution in [3.63, 3.8) is 0 Å². The second-order valence-electron chi connectivity index (χ2n) is 7.27. The number of hydrazone groups is 1. The maximum atomic E-state index is 12.4. The number of hydrogen-bond acceptors (Lipinski definition) is 8. The molecule has 3 aromatic rings. The van der Waals surface area contributed by atoms with Crippen molar-refractivity contribution in [3.05, 3.63) is 77.9 Å². The Morgan fingerprint density at radius 2 is 1.42 bits per heavy atom. The summed E-state index contributed by atoms with van der Waals surface area (Å²) < 4.78 is 20.9. The molecule has 0 atom stereocenters. The minimum absolute atomic E-state index is 0.274. The Balaban J connectivity index is 1.61. The molecule has 0 unspecified atom stereocenters. The molecule has 10 heteroatoms. The Labute approximate surface area is 207 Å². The van der Waals surface area contributed by atoms with Gasteiger partial charge in [0.2, 0.25) is 0 Å². The quantitative estimate of drug-likeness (QED) is 0.163. The highest BCUT2D eigenvalue weighted by Crippen LogP contribution is 2.28. The number of esters is 1. The van der Waals surface area contributed by atoms with Crippen LogP contribution in [0.1, 0.15) is 22.8 Å². The first-order valence-corrected chi connectivity index (χ1v) is 10.7. The van der Waals surface area contributed by atoms with Crippen LogP contribution in [0, 0.1) is 0 Å². The first-order chi connectivity index (χ1) is 17.4. The summed E-state index contributed by atoms with van der Waals surface area (Å²) >= 11 is 0. The molecule has 0 aliphatic heterocycles. The molecule has 0 bridgehead atoms. The van der Waals surface area contributed by atoms with Gasteiger partial charge in [-0.25, -0.2) is 10.2 Å². The van der Waals surface area contributed by atoms with Crippen molar-refractivity contribution in [1.82, 2.24) is 5.43 Å². The summed E-state index contributed by atoms with van der Waals surface area (Å²) in [4.78, 5) is 37.0. The first kappa shape index (κ1) is 25.8. The highest BCUT2D eigenvalue weighted by molar-refractivity contribution is 6.39. The van der Waals surface area contributed by atoms with Crippen LogP contribution in [0.25, 0.3) is 0 Å². The number of carbonyl (C=O) groups excluding carboxylic acids is 3. The average molecular weight is 492 g/mol. The van der Waals surface area contributed by atoms with Crippen molar-refractivity contribution in [2.45, 2.75) is 6.92 Å². The van der Waals surface area contributed by atoms with Crippen LogP contribution in [-0.4, -0.2) is 44.8 Å². The van der Waals surface area contributed by atoms with Crippen LogP contribution < -0.4 is 29.7 Å². The standard InChI is InChI=1S/C26H25N3O7/c1-16(28-29-25(31)24(30)27-21-15-19(33-2)13-14-23(21)35-4)17-9-11-18(12-10-17)36-26(32)20-7-5-6-8-22(20)34-3/h5-15H,1-4H3,(H,27,30)(H,29,31). The van der Waals surface area contributed by atoms with Gasteiger partial charge in [0.15, 0.2) is 0 Å². The molecule has 0 saturated carbocycles. The van der Waals surface area contributed by atoms with E-state index < -0.39 is 17.8 Å². The van der Waals surface area contributed by atoms with Gasteiger partial charge in [0.1, 0.15) is 28.6 Å². The largest absolute Gasteiger partial charge is 0.497 e. The minimum Gasteiger partial charge on any atom is -0.497 e. The highest BCUT2D eigenvalue weighted by Gasteiger charge is 2.17. The summed E-state index contributed by atoms with van der Waals surface area (Å²) in [5.41, 5.74) is 3.86. The molecule has 3 aromatic carbocycles. The van der Waals surface area contributed by atoms with E-state index in [1.165, 1.54) is 27.4 Å². The molecule has 0 saturated heterocycles. The minimum atomic E-state index is -0.971. The van der Waals surface area contributed by atoms with Crippen LogP contribution in [0.15, 0.2) is 71.8 Å². The number of ether oxygens (including phenoxy) is 4. The molecule has 0 aliphatic carbocycles. The Morgan fingerprint density at radius 3 is 2.08 bits per heavy atom. The van der Waals surface area contributed by atoms with E-state index >= 15 is 0 Å². The van der Waals surface area contributed by atoms with Gasteiger partial charge < -0.3 is 24.3 Å². The van der Waals surface area contributed by atoms with Crippen molar-refractivity contribution in [1.29, 1.82) is 0 Å². The van der Waals surface area contributed by atoms with Gasteiger partial charge in [0.05, 0.1) is 32.7 Å². The molecule has 2 N–H and O–H groups in total. The van der Waals surface area contributed by atoms with E-state index in [1.54, 1.807) is 67.6 Å². The fourth-order valence-corrected chi connectivity index (χ4v) is 3.08. The number of benzene rings is 3. The zero-order valence-corrected chi connectivity index (χ0v) is 20.2. The van der Waals surface area contributed by atoms with Gasteiger partial charge in [-0.1, -0.05) is 12.1 Å². The number of nitrogens with one attached hydrogen (secondary N) is 2. The molecule has 0 aliphatic rings. The summed E-state index contributed by atoms with van der Waals surface area (Å²) in [7, 11) is 4.39. The molecule has 0 spiro atoms. The fourth-order valence-electron chi connectivity index (χ4n) is 3.08. The maximum absolute atomic E-state index is 12.4. The number of hydrogen-bond donors (Lipinski definition) is 2. The van der Waals surface area contributed by atoms with Gasteiger partial charge in [-0.3, -0.25) is 9.59 Å². The van der Waals surface area contributed by atoms with E-state index in [0.717, 1.165) is 0 Å². The third-order valence-corrected chi connectivity index (χ3v) is 5.00. The number of anilines is 1. The lowest BCUT2D eigenvalue weighted by Gasteiger charge is -2.11. The van der Waals surface area contributed by atoms with Crippen molar-refractivity contribution < 1.29 is 33.3 Å². The van der Waals surface area contributed by atoms with Gasteiger partial charge in [0.25, 0.3) is 0 Å². The molecule has 0 aromatic heterocycles. The van der Waals surface area contributed by atoms with Gasteiger partial charge in [-0.15, -0.1) is 0 Å². The zero-order valence-electron chi connectivity index (χ0n) is 20.2. The molecular weight excluding hydrogens is 466 g/mol. The normalized spacial score (nSPS) is 10.7. The van der Waals surface area contributed by atoms with Gasteiger partial charge >= 0.3 is 17.8 Å². The van der Waals surface area contributed by atoms with Crippen molar-refractivity contribution >= 4 is 29.2 Å². The Hall–Kier alpha value is -4.86. The van der Waals surface area contributed by atoms with Crippen LogP contribution in [-0.2, 0) is 9.59 Å². The van der Waals surface area contributed by atoms with Crippen LogP contribution >= 0.6 is 0 Å². The van der Waals surface area contributed by atoms with Crippen LogP contribution in [0.5, 0.6) is 23.0 Å². The molecule has 2 amide bonds. The zero-order chi connectivity index (χ0) is 26.1. The third kappa shape index (κ3) is 6.38. The number of rotatable bonds is 8. The van der Waals surface area contributed by atoms with Crippen LogP contribution in [0.2, 0.25) is 0 Å². The summed E-state index contributed by atoms with van der Waals surface area (Å²) in [6.07, 6.45) is 0. The average Bonchev–Trinajstić information content (AvgIpc) is 2.91.